The zero-order valence-electron chi connectivity index (χ0n) is 13.5. The molecular weight excluding hydrogens is 256 g/mol. The van der Waals surface area contributed by atoms with Gasteiger partial charge in [0, 0.05) is 18.3 Å². The summed E-state index contributed by atoms with van der Waals surface area (Å²) < 4.78 is 0. The Labute approximate surface area is 129 Å². The number of rotatable bonds is 0. The molecule has 2 N–H and O–H groups in total. The molecule has 2 nitrogen and oxygen atoms in total. The Morgan fingerprint density at radius 2 is 1.81 bits per heavy atom. The van der Waals surface area contributed by atoms with Gasteiger partial charge in [0.1, 0.15) is 0 Å². The lowest BCUT2D eigenvalue weighted by Crippen LogP contribution is -2.42. The predicted molar refractivity (Wildman–Crippen MR) is 91.0 cm³/mol. The molecule has 0 radical (unpaired) electrons. The maximum absolute atomic E-state index is 3.62. The Balaban J connectivity index is 0.000000126. The molecule has 1 aromatic rings. The van der Waals surface area contributed by atoms with Gasteiger partial charge in [-0.2, -0.15) is 0 Å². The number of nitrogens with one attached hydrogen (secondary N) is 2. The number of hydrogen-bond donors (Lipinski definition) is 2. The van der Waals surface area contributed by atoms with Crippen LogP contribution in [0.1, 0.15) is 56.1 Å². The third-order valence-corrected chi connectivity index (χ3v) is 5.27. The molecule has 1 saturated carbocycles. The molecule has 1 aliphatic carbocycles. The lowest BCUT2D eigenvalue weighted by atomic mass is 9.80. The highest BCUT2D eigenvalue weighted by atomic mass is 14.9. The number of fused-ring (bicyclic) bond motifs is 2. The second kappa shape index (κ2) is 7.31. The summed E-state index contributed by atoms with van der Waals surface area (Å²) in [4.78, 5) is 0. The van der Waals surface area contributed by atoms with Gasteiger partial charge in [0.15, 0.2) is 0 Å². The fraction of sp³-hybridized carbons (Fsp3) is 0.684. The Hall–Kier alpha value is -1.02. The second-order valence-corrected chi connectivity index (χ2v) is 6.94. The first-order chi connectivity index (χ1) is 10.3. The SMILES string of the molecule is C1CCC2NCCCC2C1.Cc1ccc2c(c1)CCCN2. The van der Waals surface area contributed by atoms with E-state index in [0.29, 0.717) is 0 Å². The molecule has 2 heteroatoms. The van der Waals surface area contributed by atoms with Crippen molar-refractivity contribution < 1.29 is 0 Å². The van der Waals surface area contributed by atoms with Gasteiger partial charge in [0.25, 0.3) is 0 Å². The summed E-state index contributed by atoms with van der Waals surface area (Å²) in [6.07, 6.45) is 11.3. The lowest BCUT2D eigenvalue weighted by molar-refractivity contribution is 0.212. The van der Waals surface area contributed by atoms with Crippen LogP contribution in [-0.2, 0) is 6.42 Å². The van der Waals surface area contributed by atoms with Crippen LogP contribution in [0.4, 0.5) is 5.69 Å². The average Bonchev–Trinajstić information content (AvgIpc) is 2.55. The highest BCUT2D eigenvalue weighted by molar-refractivity contribution is 5.54. The molecule has 116 valence electrons. The van der Waals surface area contributed by atoms with Crippen LogP contribution in [0.5, 0.6) is 0 Å². The summed E-state index contributed by atoms with van der Waals surface area (Å²) in [5, 5.41) is 7.01. The molecule has 0 aromatic heterocycles. The summed E-state index contributed by atoms with van der Waals surface area (Å²) >= 11 is 0. The first kappa shape index (κ1) is 14.9. The number of anilines is 1. The minimum absolute atomic E-state index is 0.905. The van der Waals surface area contributed by atoms with Crippen molar-refractivity contribution in [3.8, 4) is 0 Å². The molecule has 2 atom stereocenters. The van der Waals surface area contributed by atoms with Crippen molar-refractivity contribution >= 4 is 5.69 Å². The number of benzene rings is 1. The molecule has 1 saturated heterocycles. The maximum Gasteiger partial charge on any atom is 0.0372 e. The summed E-state index contributed by atoms with van der Waals surface area (Å²) in [5.74, 6) is 1.04. The number of hydrogen-bond acceptors (Lipinski definition) is 2. The minimum atomic E-state index is 0.905. The van der Waals surface area contributed by atoms with Gasteiger partial charge >= 0.3 is 0 Å². The summed E-state index contributed by atoms with van der Waals surface area (Å²) in [5.41, 5.74) is 4.19. The predicted octanol–water partition coefficient (Wildman–Crippen LogP) is 4.28. The van der Waals surface area contributed by atoms with Gasteiger partial charge in [-0.15, -0.1) is 0 Å². The van der Waals surface area contributed by atoms with Crippen LogP contribution in [0, 0.1) is 12.8 Å². The molecule has 0 amide bonds. The van der Waals surface area contributed by atoms with Crippen molar-refractivity contribution in [3.63, 3.8) is 0 Å². The van der Waals surface area contributed by atoms with E-state index in [1.807, 2.05) is 0 Å². The van der Waals surface area contributed by atoms with Crippen LogP contribution < -0.4 is 10.6 Å². The van der Waals surface area contributed by atoms with E-state index in [0.717, 1.165) is 18.5 Å². The first-order valence-electron chi connectivity index (χ1n) is 8.90. The van der Waals surface area contributed by atoms with E-state index in [1.165, 1.54) is 74.7 Å². The monoisotopic (exact) mass is 286 g/mol. The van der Waals surface area contributed by atoms with E-state index in [9.17, 15) is 0 Å². The fourth-order valence-corrected chi connectivity index (χ4v) is 4.08. The van der Waals surface area contributed by atoms with Crippen LogP contribution in [-0.4, -0.2) is 19.1 Å². The number of piperidine rings is 1. The van der Waals surface area contributed by atoms with Gasteiger partial charge in [-0.1, -0.05) is 30.5 Å². The standard InChI is InChI=1S/C10H13N.C9H17N/c1-8-4-5-10-9(7-8)3-2-6-11-10;1-2-6-9-8(4-1)5-3-7-10-9/h4-5,7,11H,2-3,6H2,1H3;8-10H,1-7H2. The Morgan fingerprint density at radius 3 is 2.71 bits per heavy atom. The third kappa shape index (κ3) is 4.00. The van der Waals surface area contributed by atoms with Crippen molar-refractivity contribution in [3.05, 3.63) is 29.3 Å². The smallest absolute Gasteiger partial charge is 0.0372 e. The average molecular weight is 286 g/mol. The topological polar surface area (TPSA) is 24.1 Å². The van der Waals surface area contributed by atoms with Gasteiger partial charge in [-0.25, -0.2) is 0 Å². The van der Waals surface area contributed by atoms with Gasteiger partial charge in [-0.3, -0.25) is 0 Å². The van der Waals surface area contributed by atoms with Crippen molar-refractivity contribution in [2.45, 2.75) is 64.3 Å². The minimum Gasteiger partial charge on any atom is -0.385 e. The van der Waals surface area contributed by atoms with Gasteiger partial charge in [0.2, 0.25) is 0 Å². The highest BCUT2D eigenvalue weighted by Gasteiger charge is 2.26. The van der Waals surface area contributed by atoms with Crippen molar-refractivity contribution in [1.82, 2.24) is 5.32 Å². The summed E-state index contributed by atoms with van der Waals surface area (Å²) in [6.45, 7) is 4.56. The molecule has 4 rings (SSSR count). The van der Waals surface area contributed by atoms with Crippen LogP contribution in [0.15, 0.2) is 18.2 Å². The molecule has 0 spiro atoms. The van der Waals surface area contributed by atoms with Crippen LogP contribution in [0.2, 0.25) is 0 Å². The van der Waals surface area contributed by atoms with Crippen molar-refractivity contribution in [1.29, 1.82) is 0 Å². The first-order valence-corrected chi connectivity index (χ1v) is 8.90. The Bertz CT molecular complexity index is 429. The molecular formula is C19H30N2. The Kier molecular flexibility index (Phi) is 5.18. The molecule has 21 heavy (non-hydrogen) atoms. The molecule has 2 unspecified atom stereocenters. The fourth-order valence-electron chi connectivity index (χ4n) is 4.08. The molecule has 2 heterocycles. The van der Waals surface area contributed by atoms with E-state index in [1.54, 1.807) is 0 Å². The second-order valence-electron chi connectivity index (χ2n) is 6.94. The van der Waals surface area contributed by atoms with E-state index in [4.69, 9.17) is 0 Å². The van der Waals surface area contributed by atoms with E-state index < -0.39 is 0 Å². The molecule has 2 fully saturated rings. The zero-order valence-corrected chi connectivity index (χ0v) is 13.5. The lowest BCUT2D eigenvalue weighted by Gasteiger charge is -2.36. The molecule has 3 aliphatic rings. The third-order valence-electron chi connectivity index (χ3n) is 5.27. The van der Waals surface area contributed by atoms with Crippen LogP contribution in [0.3, 0.4) is 0 Å². The van der Waals surface area contributed by atoms with Crippen LogP contribution >= 0.6 is 0 Å². The zero-order chi connectivity index (χ0) is 14.5. The Morgan fingerprint density at radius 1 is 0.952 bits per heavy atom. The molecule has 0 bridgehead atoms. The van der Waals surface area contributed by atoms with E-state index >= 15 is 0 Å². The van der Waals surface area contributed by atoms with Crippen molar-refractivity contribution in [2.24, 2.45) is 5.92 Å². The summed E-state index contributed by atoms with van der Waals surface area (Å²) in [7, 11) is 0. The van der Waals surface area contributed by atoms with Crippen LogP contribution in [0.25, 0.3) is 0 Å². The molecule has 1 aromatic carbocycles. The summed E-state index contributed by atoms with van der Waals surface area (Å²) in [6, 6.07) is 7.53. The van der Waals surface area contributed by atoms with E-state index in [-0.39, 0.29) is 0 Å². The van der Waals surface area contributed by atoms with E-state index in [2.05, 4.69) is 35.8 Å². The highest BCUT2D eigenvalue weighted by Crippen LogP contribution is 2.30. The van der Waals surface area contributed by atoms with Gasteiger partial charge < -0.3 is 10.6 Å². The quantitative estimate of drug-likeness (QED) is 0.744. The van der Waals surface area contributed by atoms with Gasteiger partial charge in [0.05, 0.1) is 0 Å². The largest absolute Gasteiger partial charge is 0.385 e. The maximum atomic E-state index is 3.62. The van der Waals surface area contributed by atoms with Gasteiger partial charge in [-0.05, 0) is 69.5 Å². The molecule has 2 aliphatic heterocycles. The number of aryl methyl sites for hydroxylation is 2. The van der Waals surface area contributed by atoms with Crippen molar-refractivity contribution in [2.75, 3.05) is 18.4 Å². The normalized spacial score (nSPS) is 27.5.